The number of carbonyl (C=O) groups is 2. The van der Waals surface area contributed by atoms with Gasteiger partial charge in [-0.25, -0.2) is 8.78 Å². The van der Waals surface area contributed by atoms with E-state index in [1.165, 1.54) is 29.3 Å². The minimum atomic E-state index is -1.07. The van der Waals surface area contributed by atoms with Crippen LogP contribution in [0, 0.1) is 11.6 Å². The van der Waals surface area contributed by atoms with Gasteiger partial charge in [0.05, 0.1) is 0 Å². The monoisotopic (exact) mass is 367 g/mol. The first kappa shape index (κ1) is 18.2. The van der Waals surface area contributed by atoms with Crippen LogP contribution in [-0.2, 0) is 0 Å². The van der Waals surface area contributed by atoms with Gasteiger partial charge in [0.15, 0.2) is 11.6 Å². The number of hydrogen-bond donors (Lipinski definition) is 1. The Labute approximate surface area is 154 Å². The first-order valence-electron chi connectivity index (χ1n) is 8.01. The molecule has 2 aromatic carbocycles. The summed E-state index contributed by atoms with van der Waals surface area (Å²) in [6.07, 6.45) is 1.34. The predicted octanol–water partition coefficient (Wildman–Crippen LogP) is 3.89. The smallest absolute Gasteiger partial charge is 0.276 e. The number of anilines is 2. The largest absolute Gasteiger partial charge is 0.322 e. The summed E-state index contributed by atoms with van der Waals surface area (Å²) in [7, 11) is 1.60. The van der Waals surface area contributed by atoms with E-state index in [-0.39, 0.29) is 22.9 Å². The number of nitrogens with zero attached hydrogens (tertiary/aromatic N) is 2. The maximum absolute atomic E-state index is 13.3. The Balaban J connectivity index is 1.79. The van der Waals surface area contributed by atoms with Crippen molar-refractivity contribution in [2.24, 2.45) is 0 Å². The van der Waals surface area contributed by atoms with Gasteiger partial charge in [0.25, 0.3) is 11.8 Å². The number of benzene rings is 2. The van der Waals surface area contributed by atoms with Crippen molar-refractivity contribution in [1.82, 2.24) is 4.98 Å². The number of aromatic nitrogens is 1. The number of amides is 2. The molecule has 1 N–H and O–H groups in total. The fourth-order valence-corrected chi connectivity index (χ4v) is 2.41. The lowest BCUT2D eigenvalue weighted by molar-refractivity contribution is 0.0988. The summed E-state index contributed by atoms with van der Waals surface area (Å²) >= 11 is 0. The third-order valence-electron chi connectivity index (χ3n) is 3.87. The summed E-state index contributed by atoms with van der Waals surface area (Å²) in [5.41, 5.74) is 1.03. The fourth-order valence-electron chi connectivity index (χ4n) is 2.41. The van der Waals surface area contributed by atoms with E-state index in [2.05, 4.69) is 10.3 Å². The standard InChI is InChI=1S/C20H15F2N3O2/c1-25(15-5-3-2-4-6-15)20(27)18-11-13(9-10-23-18)19(26)24-14-7-8-16(21)17(22)12-14/h2-12H,1H3,(H,24,26). The molecule has 0 unspecified atom stereocenters. The molecule has 5 nitrogen and oxygen atoms in total. The summed E-state index contributed by atoms with van der Waals surface area (Å²) in [6, 6.07) is 14.8. The Hall–Kier alpha value is -3.61. The molecule has 27 heavy (non-hydrogen) atoms. The van der Waals surface area contributed by atoms with Crippen molar-refractivity contribution in [2.45, 2.75) is 0 Å². The third-order valence-corrected chi connectivity index (χ3v) is 3.87. The molecule has 0 spiro atoms. The van der Waals surface area contributed by atoms with Crippen molar-refractivity contribution < 1.29 is 18.4 Å². The molecule has 1 heterocycles. The number of rotatable bonds is 4. The minimum Gasteiger partial charge on any atom is -0.322 e. The lowest BCUT2D eigenvalue weighted by Gasteiger charge is -2.17. The maximum atomic E-state index is 13.3. The van der Waals surface area contributed by atoms with Gasteiger partial charge >= 0.3 is 0 Å². The van der Waals surface area contributed by atoms with E-state index < -0.39 is 17.5 Å². The molecule has 7 heteroatoms. The molecule has 0 atom stereocenters. The van der Waals surface area contributed by atoms with Crippen LogP contribution >= 0.6 is 0 Å². The number of para-hydroxylation sites is 1. The van der Waals surface area contributed by atoms with Crippen LogP contribution in [-0.4, -0.2) is 23.8 Å². The Kier molecular flexibility index (Phi) is 5.21. The number of carbonyl (C=O) groups excluding carboxylic acids is 2. The molecule has 0 fully saturated rings. The maximum Gasteiger partial charge on any atom is 0.276 e. The minimum absolute atomic E-state index is 0.0827. The summed E-state index contributed by atoms with van der Waals surface area (Å²) in [5, 5.41) is 2.46. The third kappa shape index (κ3) is 4.14. The molecular weight excluding hydrogens is 352 g/mol. The van der Waals surface area contributed by atoms with E-state index in [0.29, 0.717) is 5.69 Å². The van der Waals surface area contributed by atoms with Gasteiger partial charge in [0, 0.05) is 36.2 Å². The first-order valence-corrected chi connectivity index (χ1v) is 8.01. The van der Waals surface area contributed by atoms with E-state index in [9.17, 15) is 18.4 Å². The van der Waals surface area contributed by atoms with E-state index >= 15 is 0 Å². The van der Waals surface area contributed by atoms with Gasteiger partial charge in [0.1, 0.15) is 5.69 Å². The predicted molar refractivity (Wildman–Crippen MR) is 97.7 cm³/mol. The van der Waals surface area contributed by atoms with Crippen LogP contribution in [0.2, 0.25) is 0 Å². The van der Waals surface area contributed by atoms with Gasteiger partial charge < -0.3 is 10.2 Å². The van der Waals surface area contributed by atoms with Crippen LogP contribution < -0.4 is 10.2 Å². The van der Waals surface area contributed by atoms with Gasteiger partial charge in [-0.2, -0.15) is 0 Å². The molecular formula is C20H15F2N3O2. The zero-order valence-electron chi connectivity index (χ0n) is 14.3. The molecule has 0 saturated heterocycles. The van der Waals surface area contributed by atoms with Crippen molar-refractivity contribution in [3.05, 3.63) is 89.8 Å². The molecule has 0 aliphatic heterocycles. The highest BCUT2D eigenvalue weighted by molar-refractivity contribution is 6.08. The molecule has 1 aromatic heterocycles. The lowest BCUT2D eigenvalue weighted by atomic mass is 10.2. The highest BCUT2D eigenvalue weighted by Gasteiger charge is 2.17. The first-order chi connectivity index (χ1) is 13.0. The topological polar surface area (TPSA) is 62.3 Å². The Morgan fingerprint density at radius 3 is 2.41 bits per heavy atom. The van der Waals surface area contributed by atoms with E-state index in [4.69, 9.17) is 0 Å². The fraction of sp³-hybridized carbons (Fsp3) is 0.0500. The quantitative estimate of drug-likeness (QED) is 0.761. The Bertz CT molecular complexity index is 994. The van der Waals surface area contributed by atoms with Gasteiger partial charge in [-0.3, -0.25) is 14.6 Å². The van der Waals surface area contributed by atoms with Crippen LogP contribution in [0.5, 0.6) is 0 Å². The van der Waals surface area contributed by atoms with Gasteiger partial charge in [-0.05, 0) is 36.4 Å². The van der Waals surface area contributed by atoms with E-state index in [0.717, 1.165) is 12.1 Å². The van der Waals surface area contributed by atoms with Gasteiger partial charge in [-0.15, -0.1) is 0 Å². The molecule has 0 radical (unpaired) electrons. The number of nitrogens with one attached hydrogen (secondary N) is 1. The SMILES string of the molecule is CN(C(=O)c1cc(C(=O)Nc2ccc(F)c(F)c2)ccn1)c1ccccc1. The molecule has 3 rings (SSSR count). The zero-order chi connectivity index (χ0) is 19.4. The molecule has 0 bridgehead atoms. The second-order valence-corrected chi connectivity index (χ2v) is 5.71. The second-order valence-electron chi connectivity index (χ2n) is 5.71. The van der Waals surface area contributed by atoms with Gasteiger partial charge in [0.2, 0.25) is 0 Å². The molecule has 3 aromatic rings. The van der Waals surface area contributed by atoms with Crippen molar-refractivity contribution in [2.75, 3.05) is 17.3 Å². The summed E-state index contributed by atoms with van der Waals surface area (Å²) < 4.78 is 26.2. The normalized spacial score (nSPS) is 10.3. The van der Waals surface area contributed by atoms with Crippen LogP contribution in [0.4, 0.5) is 20.2 Å². The second kappa shape index (κ2) is 7.74. The molecule has 2 amide bonds. The molecule has 0 saturated carbocycles. The summed E-state index contributed by atoms with van der Waals surface area (Å²) in [5.74, 6) is -3.03. The molecule has 0 aliphatic carbocycles. The summed E-state index contributed by atoms with van der Waals surface area (Å²) in [6.45, 7) is 0. The highest BCUT2D eigenvalue weighted by atomic mass is 19.2. The Morgan fingerprint density at radius 1 is 0.963 bits per heavy atom. The highest BCUT2D eigenvalue weighted by Crippen LogP contribution is 2.16. The average Bonchev–Trinajstić information content (AvgIpc) is 2.70. The zero-order valence-corrected chi connectivity index (χ0v) is 14.3. The van der Waals surface area contributed by atoms with E-state index in [1.807, 2.05) is 6.07 Å². The van der Waals surface area contributed by atoms with Crippen molar-refractivity contribution in [3.8, 4) is 0 Å². The van der Waals surface area contributed by atoms with Crippen LogP contribution in [0.25, 0.3) is 0 Å². The molecule has 136 valence electrons. The lowest BCUT2D eigenvalue weighted by Crippen LogP contribution is -2.27. The number of hydrogen-bond acceptors (Lipinski definition) is 3. The number of pyridine rings is 1. The average molecular weight is 367 g/mol. The van der Waals surface area contributed by atoms with Crippen LogP contribution in [0.1, 0.15) is 20.8 Å². The van der Waals surface area contributed by atoms with Crippen LogP contribution in [0.3, 0.4) is 0 Å². The van der Waals surface area contributed by atoms with Crippen molar-refractivity contribution in [1.29, 1.82) is 0 Å². The number of halogens is 2. The van der Waals surface area contributed by atoms with Gasteiger partial charge in [-0.1, -0.05) is 18.2 Å². The van der Waals surface area contributed by atoms with Crippen LogP contribution in [0.15, 0.2) is 66.9 Å². The van der Waals surface area contributed by atoms with E-state index in [1.54, 1.807) is 31.3 Å². The van der Waals surface area contributed by atoms with Crippen molar-refractivity contribution in [3.63, 3.8) is 0 Å². The van der Waals surface area contributed by atoms with Crippen molar-refractivity contribution >= 4 is 23.2 Å². The Morgan fingerprint density at radius 2 is 1.70 bits per heavy atom. The summed E-state index contributed by atoms with van der Waals surface area (Å²) in [4.78, 5) is 30.4. The molecule has 0 aliphatic rings.